The van der Waals surface area contributed by atoms with Crippen molar-refractivity contribution in [3.63, 3.8) is 0 Å². The fourth-order valence-electron chi connectivity index (χ4n) is 3.49. The van der Waals surface area contributed by atoms with Crippen LogP contribution < -0.4 is 10.6 Å². The fourth-order valence-corrected chi connectivity index (χ4v) is 3.61. The maximum Gasteiger partial charge on any atom is 0.235 e. The molecule has 2 N–H and O–H groups in total. The molecule has 0 saturated heterocycles. The Morgan fingerprint density at radius 1 is 0.880 bits per heavy atom. The summed E-state index contributed by atoms with van der Waals surface area (Å²) in [7, 11) is 0. The van der Waals surface area contributed by atoms with Crippen LogP contribution in [0.25, 0.3) is 0 Å². The number of nitrogens with one attached hydrogen (secondary N) is 2. The van der Waals surface area contributed by atoms with Crippen molar-refractivity contribution in [1.82, 2.24) is 0 Å². The molecule has 1 aliphatic carbocycles. The Morgan fingerprint density at radius 3 is 1.92 bits per heavy atom. The van der Waals surface area contributed by atoms with Gasteiger partial charge < -0.3 is 10.6 Å². The number of benzene rings is 2. The van der Waals surface area contributed by atoms with Crippen LogP contribution in [0.5, 0.6) is 0 Å². The maximum absolute atomic E-state index is 13.1. The lowest BCUT2D eigenvalue weighted by molar-refractivity contribution is -0.121. The van der Waals surface area contributed by atoms with Crippen LogP contribution in [0, 0.1) is 0 Å². The minimum Gasteiger partial charge on any atom is -0.326 e. The lowest BCUT2D eigenvalue weighted by Crippen LogP contribution is -2.37. The van der Waals surface area contributed by atoms with Gasteiger partial charge in [0.05, 0.1) is 5.41 Å². The number of amides is 2. The van der Waals surface area contributed by atoms with Crippen molar-refractivity contribution in [2.24, 2.45) is 0 Å². The summed E-state index contributed by atoms with van der Waals surface area (Å²) in [4.78, 5) is 24.2. The lowest BCUT2D eigenvalue weighted by Gasteiger charge is -2.28. The SMILES string of the molecule is CC(=O)Nc1ccc(NC(=O)C2(c3ccc(Cl)cc3)CCCC2)cc1. The van der Waals surface area contributed by atoms with E-state index in [4.69, 9.17) is 11.6 Å². The molecule has 0 spiro atoms. The summed E-state index contributed by atoms with van der Waals surface area (Å²) >= 11 is 5.99. The second kappa shape index (κ2) is 7.28. The van der Waals surface area contributed by atoms with E-state index in [-0.39, 0.29) is 11.8 Å². The molecule has 1 saturated carbocycles. The largest absolute Gasteiger partial charge is 0.326 e. The molecule has 0 unspecified atom stereocenters. The van der Waals surface area contributed by atoms with Gasteiger partial charge in [0.25, 0.3) is 0 Å². The molecule has 1 aliphatic rings. The first-order valence-electron chi connectivity index (χ1n) is 8.45. The van der Waals surface area contributed by atoms with Crippen molar-refractivity contribution in [3.8, 4) is 0 Å². The molecule has 2 aromatic rings. The summed E-state index contributed by atoms with van der Waals surface area (Å²) in [5.41, 5.74) is 1.95. The minimum atomic E-state index is -0.499. The van der Waals surface area contributed by atoms with E-state index in [1.165, 1.54) is 6.92 Å². The van der Waals surface area contributed by atoms with E-state index in [1.54, 1.807) is 24.3 Å². The van der Waals surface area contributed by atoms with E-state index in [1.807, 2.05) is 24.3 Å². The number of anilines is 2. The molecular formula is C20H21ClN2O2. The third-order valence-corrected chi connectivity index (χ3v) is 5.00. The lowest BCUT2D eigenvalue weighted by atomic mass is 9.78. The Hall–Kier alpha value is -2.33. The third-order valence-electron chi connectivity index (χ3n) is 4.75. The van der Waals surface area contributed by atoms with Crippen LogP contribution in [0.4, 0.5) is 11.4 Å². The van der Waals surface area contributed by atoms with Crippen LogP contribution in [-0.2, 0) is 15.0 Å². The maximum atomic E-state index is 13.1. The average molecular weight is 357 g/mol. The van der Waals surface area contributed by atoms with Crippen LogP contribution >= 0.6 is 11.6 Å². The van der Waals surface area contributed by atoms with Crippen LogP contribution in [0.1, 0.15) is 38.2 Å². The summed E-state index contributed by atoms with van der Waals surface area (Å²) in [6, 6.07) is 14.7. The first-order chi connectivity index (χ1) is 12.0. The van der Waals surface area contributed by atoms with E-state index >= 15 is 0 Å². The molecule has 0 bridgehead atoms. The molecule has 0 heterocycles. The Bertz CT molecular complexity index is 763. The quantitative estimate of drug-likeness (QED) is 0.830. The third kappa shape index (κ3) is 3.85. The molecule has 3 rings (SSSR count). The van der Waals surface area contributed by atoms with E-state index in [9.17, 15) is 9.59 Å². The molecule has 1 fully saturated rings. The zero-order chi connectivity index (χ0) is 17.9. The molecular weight excluding hydrogens is 336 g/mol. The second-order valence-electron chi connectivity index (χ2n) is 6.51. The van der Waals surface area contributed by atoms with E-state index in [2.05, 4.69) is 10.6 Å². The summed E-state index contributed by atoms with van der Waals surface area (Å²) in [5.74, 6) is -0.107. The minimum absolute atomic E-state index is 0.0135. The van der Waals surface area contributed by atoms with Gasteiger partial charge in [-0.2, -0.15) is 0 Å². The number of carbonyl (C=O) groups excluding carboxylic acids is 2. The second-order valence-corrected chi connectivity index (χ2v) is 6.95. The molecule has 0 radical (unpaired) electrons. The standard InChI is InChI=1S/C20H21ClN2O2/c1-14(24)22-17-8-10-18(11-9-17)23-19(25)20(12-2-3-13-20)15-4-6-16(21)7-5-15/h4-11H,2-3,12-13H2,1H3,(H,22,24)(H,23,25). The molecule has 130 valence electrons. The van der Waals surface area contributed by atoms with Crippen LogP contribution in [-0.4, -0.2) is 11.8 Å². The fraction of sp³-hybridized carbons (Fsp3) is 0.300. The number of halogens is 1. The normalized spacial score (nSPS) is 15.6. The van der Waals surface area contributed by atoms with Gasteiger partial charge in [0, 0.05) is 23.3 Å². The van der Waals surface area contributed by atoms with Gasteiger partial charge in [0.2, 0.25) is 11.8 Å². The highest BCUT2D eigenvalue weighted by Crippen LogP contribution is 2.42. The first-order valence-corrected chi connectivity index (χ1v) is 8.83. The molecule has 25 heavy (non-hydrogen) atoms. The Labute approximate surface area is 152 Å². The Kier molecular flexibility index (Phi) is 5.09. The molecule has 5 heteroatoms. The van der Waals surface area contributed by atoms with Gasteiger partial charge in [-0.05, 0) is 54.8 Å². The van der Waals surface area contributed by atoms with Gasteiger partial charge >= 0.3 is 0 Å². The van der Waals surface area contributed by atoms with Gasteiger partial charge in [-0.3, -0.25) is 9.59 Å². The summed E-state index contributed by atoms with van der Waals surface area (Å²) in [6.07, 6.45) is 3.75. The van der Waals surface area contributed by atoms with Crippen molar-refractivity contribution in [3.05, 3.63) is 59.1 Å². The Balaban J connectivity index is 1.79. The topological polar surface area (TPSA) is 58.2 Å². The van der Waals surface area contributed by atoms with Gasteiger partial charge in [0.15, 0.2) is 0 Å². The van der Waals surface area contributed by atoms with Crippen molar-refractivity contribution in [2.45, 2.75) is 38.0 Å². The number of hydrogen-bond acceptors (Lipinski definition) is 2. The molecule has 0 atom stereocenters. The van der Waals surface area contributed by atoms with E-state index in [0.29, 0.717) is 10.7 Å². The molecule has 2 amide bonds. The van der Waals surface area contributed by atoms with Crippen LogP contribution in [0.2, 0.25) is 5.02 Å². The highest BCUT2D eigenvalue weighted by atomic mass is 35.5. The molecule has 0 aromatic heterocycles. The number of rotatable bonds is 4. The van der Waals surface area contributed by atoms with E-state index in [0.717, 1.165) is 36.9 Å². The smallest absolute Gasteiger partial charge is 0.235 e. The highest BCUT2D eigenvalue weighted by molar-refractivity contribution is 6.30. The van der Waals surface area contributed by atoms with Gasteiger partial charge in [-0.15, -0.1) is 0 Å². The molecule has 4 nitrogen and oxygen atoms in total. The number of hydrogen-bond donors (Lipinski definition) is 2. The van der Waals surface area contributed by atoms with E-state index < -0.39 is 5.41 Å². The monoisotopic (exact) mass is 356 g/mol. The van der Waals surface area contributed by atoms with Crippen molar-refractivity contribution < 1.29 is 9.59 Å². The van der Waals surface area contributed by atoms with Gasteiger partial charge in [0.1, 0.15) is 0 Å². The van der Waals surface area contributed by atoms with Crippen molar-refractivity contribution >= 4 is 34.8 Å². The molecule has 2 aromatic carbocycles. The zero-order valence-electron chi connectivity index (χ0n) is 14.1. The summed E-state index contributed by atoms with van der Waals surface area (Å²) < 4.78 is 0. The summed E-state index contributed by atoms with van der Waals surface area (Å²) in [5, 5.41) is 6.42. The van der Waals surface area contributed by atoms with Crippen LogP contribution in [0.3, 0.4) is 0 Å². The Morgan fingerprint density at radius 2 is 1.40 bits per heavy atom. The van der Waals surface area contributed by atoms with Crippen molar-refractivity contribution in [2.75, 3.05) is 10.6 Å². The average Bonchev–Trinajstić information content (AvgIpc) is 3.08. The first kappa shape index (κ1) is 17.5. The highest BCUT2D eigenvalue weighted by Gasteiger charge is 2.42. The van der Waals surface area contributed by atoms with Gasteiger partial charge in [-0.1, -0.05) is 36.6 Å². The zero-order valence-corrected chi connectivity index (χ0v) is 14.9. The van der Waals surface area contributed by atoms with Gasteiger partial charge in [-0.25, -0.2) is 0 Å². The predicted octanol–water partition coefficient (Wildman–Crippen LogP) is 4.75. The molecule has 0 aliphatic heterocycles. The summed E-state index contributed by atoms with van der Waals surface area (Å²) in [6.45, 7) is 1.46. The van der Waals surface area contributed by atoms with Crippen LogP contribution in [0.15, 0.2) is 48.5 Å². The van der Waals surface area contributed by atoms with Crippen molar-refractivity contribution in [1.29, 1.82) is 0 Å². The number of carbonyl (C=O) groups is 2. The predicted molar refractivity (Wildman–Crippen MR) is 101 cm³/mol.